The molecule has 0 radical (unpaired) electrons. The van der Waals surface area contributed by atoms with Gasteiger partial charge in [0.25, 0.3) is 5.91 Å². The molecule has 6 nitrogen and oxygen atoms in total. The molecule has 2 N–H and O–H groups in total. The van der Waals surface area contributed by atoms with Gasteiger partial charge in [0.2, 0.25) is 0 Å². The third kappa shape index (κ3) is 4.33. The van der Waals surface area contributed by atoms with Crippen LogP contribution in [0.15, 0.2) is 17.8 Å². The van der Waals surface area contributed by atoms with Crippen LogP contribution in [0.25, 0.3) is 0 Å². The van der Waals surface area contributed by atoms with Gasteiger partial charge in [0.05, 0.1) is 11.5 Å². The van der Waals surface area contributed by atoms with E-state index in [1.165, 1.54) is 21.8 Å². The fourth-order valence-corrected chi connectivity index (χ4v) is 3.50. The van der Waals surface area contributed by atoms with E-state index >= 15 is 0 Å². The van der Waals surface area contributed by atoms with Crippen LogP contribution in [-0.2, 0) is 22.4 Å². The highest BCUT2D eigenvalue weighted by Crippen LogP contribution is 2.32. The first kappa shape index (κ1) is 17.0. The molecule has 7 heteroatoms. The molecule has 1 aliphatic carbocycles. The molecule has 0 aromatic carbocycles. The Hall–Kier alpha value is -2.33. The van der Waals surface area contributed by atoms with E-state index in [-0.39, 0.29) is 18.1 Å². The molecule has 23 heavy (non-hydrogen) atoms. The highest BCUT2D eigenvalue weighted by atomic mass is 32.1. The number of nitriles is 1. The minimum absolute atomic E-state index is 0.184. The molecule has 0 fully saturated rings. The molecule has 0 bridgehead atoms. The van der Waals surface area contributed by atoms with Crippen LogP contribution in [-0.4, -0.2) is 18.5 Å². The zero-order valence-corrected chi connectivity index (χ0v) is 14.0. The number of aryl methyl sites for hydroxylation is 1. The number of amides is 1. The highest BCUT2D eigenvalue weighted by molar-refractivity contribution is 7.14. The van der Waals surface area contributed by atoms with E-state index in [1.807, 2.05) is 6.07 Å². The third-order valence-electron chi connectivity index (χ3n) is 3.57. The molecule has 1 aromatic heterocycles. The predicted octanol–water partition coefficient (Wildman–Crippen LogP) is 2.08. The van der Waals surface area contributed by atoms with Gasteiger partial charge in [-0.25, -0.2) is 4.79 Å². The minimum atomic E-state index is -0.725. The Kier molecular flexibility index (Phi) is 5.77. The summed E-state index contributed by atoms with van der Waals surface area (Å²) in [6.07, 6.45) is 4.31. The molecular weight excluding hydrogens is 314 g/mol. The van der Waals surface area contributed by atoms with Crippen LogP contribution in [0.3, 0.4) is 0 Å². The van der Waals surface area contributed by atoms with Crippen molar-refractivity contribution in [3.8, 4) is 6.07 Å². The summed E-state index contributed by atoms with van der Waals surface area (Å²) in [5.74, 6) is -0.358. The van der Waals surface area contributed by atoms with Crippen molar-refractivity contribution in [2.24, 2.45) is 5.92 Å². The smallest absolute Gasteiger partial charge is 0.350 e. The number of thiophene rings is 1. The molecule has 0 aliphatic heterocycles. The summed E-state index contributed by atoms with van der Waals surface area (Å²) in [7, 11) is 0. The van der Waals surface area contributed by atoms with Crippen molar-refractivity contribution in [2.45, 2.75) is 33.1 Å². The number of fused-ring (bicyclic) bond motifs is 1. The molecule has 1 amide bonds. The first-order valence-corrected chi connectivity index (χ1v) is 8.31. The van der Waals surface area contributed by atoms with Gasteiger partial charge in [0, 0.05) is 11.1 Å². The molecular formula is C16H19N3O3S. The molecule has 1 aliphatic rings. The lowest BCUT2D eigenvalue weighted by atomic mass is 9.90. The number of hydrazine groups is 1. The molecule has 0 saturated heterocycles. The molecule has 0 spiro atoms. The molecule has 1 heterocycles. The molecule has 1 atom stereocenters. The number of nitrogens with one attached hydrogen (secondary N) is 2. The van der Waals surface area contributed by atoms with Crippen molar-refractivity contribution >= 4 is 23.2 Å². The fourth-order valence-electron chi connectivity index (χ4n) is 2.40. The Morgan fingerprint density at radius 1 is 1.57 bits per heavy atom. The van der Waals surface area contributed by atoms with Gasteiger partial charge in [-0.1, -0.05) is 6.92 Å². The molecule has 122 valence electrons. The lowest BCUT2D eigenvalue weighted by Gasteiger charge is -2.16. The van der Waals surface area contributed by atoms with Gasteiger partial charge in [-0.05, 0) is 43.7 Å². The van der Waals surface area contributed by atoms with Gasteiger partial charge in [0.15, 0.2) is 5.57 Å². The second kappa shape index (κ2) is 7.79. The second-order valence-electron chi connectivity index (χ2n) is 5.40. The molecule has 0 saturated carbocycles. The largest absolute Gasteiger partial charge is 0.462 e. The first-order valence-electron chi connectivity index (χ1n) is 7.50. The number of rotatable bonds is 5. The van der Waals surface area contributed by atoms with Gasteiger partial charge >= 0.3 is 5.97 Å². The summed E-state index contributed by atoms with van der Waals surface area (Å²) in [5.41, 5.74) is 6.00. The minimum Gasteiger partial charge on any atom is -0.462 e. The maximum atomic E-state index is 12.1. The Morgan fingerprint density at radius 2 is 2.35 bits per heavy atom. The number of hydrogen-bond donors (Lipinski definition) is 2. The van der Waals surface area contributed by atoms with Crippen molar-refractivity contribution in [3.63, 3.8) is 0 Å². The lowest BCUT2D eigenvalue weighted by Crippen LogP contribution is -2.33. The predicted molar refractivity (Wildman–Crippen MR) is 86.4 cm³/mol. The summed E-state index contributed by atoms with van der Waals surface area (Å²) in [5, 5.41) is 8.87. The maximum absolute atomic E-state index is 12.1. The Balaban J connectivity index is 1.95. The number of hydrogen-bond acceptors (Lipinski definition) is 6. The maximum Gasteiger partial charge on any atom is 0.350 e. The average Bonchev–Trinajstić information content (AvgIpc) is 2.94. The summed E-state index contributed by atoms with van der Waals surface area (Å²) >= 11 is 1.50. The topological polar surface area (TPSA) is 91.2 Å². The highest BCUT2D eigenvalue weighted by Gasteiger charge is 2.20. The number of ether oxygens (including phenoxy) is 1. The zero-order valence-electron chi connectivity index (χ0n) is 13.1. The van der Waals surface area contributed by atoms with E-state index in [2.05, 4.69) is 17.8 Å². The SMILES string of the molecule is CCOC(=O)/C(C#N)=C/NNC(=O)c1cc2c(s1)CC[C@@H](C)C2. The van der Waals surface area contributed by atoms with Crippen LogP contribution >= 0.6 is 11.3 Å². The lowest BCUT2D eigenvalue weighted by molar-refractivity contribution is -0.138. The van der Waals surface area contributed by atoms with Crippen molar-refractivity contribution in [1.29, 1.82) is 5.26 Å². The zero-order chi connectivity index (χ0) is 16.8. The standard InChI is InChI=1S/C16H19N3O3S/c1-3-22-16(21)12(8-17)9-18-19-15(20)14-7-11-6-10(2)4-5-13(11)23-14/h7,9-10,18H,3-6H2,1-2H3,(H,19,20)/b12-9+/t10-/m1/s1. The van der Waals surface area contributed by atoms with Gasteiger partial charge in [0.1, 0.15) is 6.07 Å². The van der Waals surface area contributed by atoms with Crippen LogP contribution in [0.5, 0.6) is 0 Å². The van der Waals surface area contributed by atoms with Gasteiger partial charge in [-0.2, -0.15) is 5.26 Å². The Labute approximate surface area is 139 Å². The number of nitrogens with zero attached hydrogens (tertiary/aromatic N) is 1. The van der Waals surface area contributed by atoms with Crippen LogP contribution in [0.4, 0.5) is 0 Å². The summed E-state index contributed by atoms with van der Waals surface area (Å²) < 4.78 is 4.72. The monoisotopic (exact) mass is 333 g/mol. The molecule has 0 unspecified atom stereocenters. The Bertz CT molecular complexity index is 673. The normalized spacial score (nSPS) is 16.9. The van der Waals surface area contributed by atoms with Crippen molar-refractivity contribution in [2.75, 3.05) is 6.61 Å². The summed E-state index contributed by atoms with van der Waals surface area (Å²) in [4.78, 5) is 25.4. The third-order valence-corrected chi connectivity index (χ3v) is 4.81. The number of carbonyl (C=O) groups is 2. The number of carbonyl (C=O) groups excluding carboxylic acids is 2. The summed E-state index contributed by atoms with van der Waals surface area (Å²) in [6, 6.07) is 3.64. The van der Waals surface area contributed by atoms with Crippen LogP contribution < -0.4 is 10.9 Å². The van der Waals surface area contributed by atoms with E-state index < -0.39 is 5.97 Å². The number of esters is 1. The van der Waals surface area contributed by atoms with Crippen LogP contribution in [0, 0.1) is 17.2 Å². The van der Waals surface area contributed by atoms with E-state index in [1.54, 1.807) is 13.0 Å². The van der Waals surface area contributed by atoms with E-state index in [9.17, 15) is 9.59 Å². The molecule has 1 aromatic rings. The quantitative estimate of drug-likeness (QED) is 0.372. The Morgan fingerprint density at radius 3 is 3.04 bits per heavy atom. The van der Waals surface area contributed by atoms with Crippen molar-refractivity contribution < 1.29 is 14.3 Å². The average molecular weight is 333 g/mol. The van der Waals surface area contributed by atoms with Crippen molar-refractivity contribution in [1.82, 2.24) is 10.9 Å². The van der Waals surface area contributed by atoms with Crippen molar-refractivity contribution in [3.05, 3.63) is 33.2 Å². The fraction of sp³-hybridized carbons (Fsp3) is 0.438. The second-order valence-corrected chi connectivity index (χ2v) is 6.53. The van der Waals surface area contributed by atoms with Crippen LogP contribution in [0.1, 0.15) is 40.4 Å². The first-order chi connectivity index (χ1) is 11.0. The van der Waals surface area contributed by atoms with Crippen LogP contribution in [0.2, 0.25) is 0 Å². The van der Waals surface area contributed by atoms with E-state index in [0.29, 0.717) is 10.8 Å². The van der Waals surface area contributed by atoms with Gasteiger partial charge in [-0.3, -0.25) is 10.2 Å². The van der Waals surface area contributed by atoms with Gasteiger partial charge in [-0.15, -0.1) is 11.3 Å². The molecule has 2 rings (SSSR count). The van der Waals surface area contributed by atoms with E-state index in [0.717, 1.165) is 25.5 Å². The summed E-state index contributed by atoms with van der Waals surface area (Å²) in [6.45, 7) is 4.05. The van der Waals surface area contributed by atoms with E-state index in [4.69, 9.17) is 10.00 Å². The van der Waals surface area contributed by atoms with Gasteiger partial charge < -0.3 is 10.2 Å².